The zero-order valence-corrected chi connectivity index (χ0v) is 25.9. The molecule has 44 heavy (non-hydrogen) atoms. The topological polar surface area (TPSA) is 90.7 Å². The summed E-state index contributed by atoms with van der Waals surface area (Å²) >= 11 is 0. The lowest BCUT2D eigenvalue weighted by molar-refractivity contribution is 0.191. The van der Waals surface area contributed by atoms with Crippen molar-refractivity contribution < 1.29 is 0 Å². The number of fused-ring (bicyclic) bond motifs is 1. The van der Waals surface area contributed by atoms with Gasteiger partial charge in [-0.15, -0.1) is 0 Å². The minimum absolute atomic E-state index is 0.459. The van der Waals surface area contributed by atoms with Crippen molar-refractivity contribution in [3.05, 3.63) is 60.6 Å². The molecular weight excluding hydrogens is 548 g/mol. The van der Waals surface area contributed by atoms with Crippen molar-refractivity contribution >= 4 is 28.4 Å². The molecule has 0 amide bonds. The summed E-state index contributed by atoms with van der Waals surface area (Å²) in [5, 5.41) is 14.1. The Morgan fingerprint density at radius 1 is 0.955 bits per heavy atom. The van der Waals surface area contributed by atoms with E-state index >= 15 is 0 Å². The molecule has 4 aliphatic rings. The maximum absolute atomic E-state index is 9.59. The van der Waals surface area contributed by atoms with Gasteiger partial charge in [0.25, 0.3) is 0 Å². The molecule has 0 saturated carbocycles. The first-order chi connectivity index (χ1) is 21.6. The van der Waals surface area contributed by atoms with Crippen LogP contribution < -0.4 is 20.0 Å². The summed E-state index contributed by atoms with van der Waals surface area (Å²) in [5.74, 6) is 3.11. The van der Waals surface area contributed by atoms with Gasteiger partial charge in [-0.3, -0.25) is 9.88 Å². The van der Waals surface area contributed by atoms with Gasteiger partial charge in [-0.25, -0.2) is 4.98 Å². The molecule has 7 rings (SSSR count). The second kappa shape index (κ2) is 12.6. The van der Waals surface area contributed by atoms with E-state index in [1.807, 2.05) is 18.3 Å². The third-order valence-corrected chi connectivity index (χ3v) is 9.99. The Hall–Kier alpha value is -3.94. The molecule has 3 unspecified atom stereocenters. The van der Waals surface area contributed by atoms with Crippen LogP contribution in [0.25, 0.3) is 10.9 Å². The van der Waals surface area contributed by atoms with E-state index in [9.17, 15) is 5.26 Å². The molecule has 4 fully saturated rings. The van der Waals surface area contributed by atoms with Gasteiger partial charge in [0.1, 0.15) is 11.9 Å². The molecule has 0 bridgehead atoms. The first-order valence-electron chi connectivity index (χ1n) is 16.3. The summed E-state index contributed by atoms with van der Waals surface area (Å²) in [5.41, 5.74) is 3.89. The van der Waals surface area contributed by atoms with Crippen LogP contribution in [-0.2, 0) is 0 Å². The Morgan fingerprint density at radius 3 is 2.50 bits per heavy atom. The van der Waals surface area contributed by atoms with Crippen LogP contribution in [0.2, 0.25) is 0 Å². The van der Waals surface area contributed by atoms with Crippen LogP contribution in [0.3, 0.4) is 0 Å². The monoisotopic (exact) mass is 592 g/mol. The normalized spacial score (nSPS) is 24.7. The van der Waals surface area contributed by atoms with Crippen molar-refractivity contribution in [3.63, 3.8) is 0 Å². The summed E-state index contributed by atoms with van der Waals surface area (Å²) < 4.78 is 0. The summed E-state index contributed by atoms with van der Waals surface area (Å²) in [4.78, 5) is 26.6. The highest BCUT2D eigenvalue weighted by atomic mass is 15.4. The first kappa shape index (κ1) is 28.8. The fraction of sp³-hybridized carbons (Fsp3) is 0.529. The number of anilines is 3. The third-order valence-electron chi connectivity index (χ3n) is 9.99. The molecule has 1 aromatic carbocycles. The molecule has 10 heteroatoms. The number of nitriles is 1. The summed E-state index contributed by atoms with van der Waals surface area (Å²) in [6, 6.07) is 13.0. The number of pyridine rings is 1. The highest BCUT2D eigenvalue weighted by molar-refractivity contribution is 5.95. The van der Waals surface area contributed by atoms with E-state index in [0.717, 1.165) is 101 Å². The second-order valence-electron chi connectivity index (χ2n) is 13.0. The lowest BCUT2D eigenvalue weighted by Gasteiger charge is -2.42. The van der Waals surface area contributed by atoms with Crippen molar-refractivity contribution in [1.82, 2.24) is 30.1 Å². The van der Waals surface area contributed by atoms with E-state index in [2.05, 4.69) is 77.6 Å². The van der Waals surface area contributed by atoms with Gasteiger partial charge in [0.15, 0.2) is 0 Å². The lowest BCUT2D eigenvalue weighted by Crippen LogP contribution is -2.53. The van der Waals surface area contributed by atoms with Crippen LogP contribution in [0.15, 0.2) is 55.0 Å². The number of nitrogens with zero attached hydrogens (tertiary/aromatic N) is 9. The minimum Gasteiger partial charge on any atom is -0.370 e. The van der Waals surface area contributed by atoms with E-state index in [0.29, 0.717) is 23.4 Å². The predicted molar refractivity (Wildman–Crippen MR) is 176 cm³/mol. The van der Waals surface area contributed by atoms with Crippen molar-refractivity contribution in [2.75, 3.05) is 93.2 Å². The predicted octanol–water partition coefficient (Wildman–Crippen LogP) is 3.18. The second-order valence-corrected chi connectivity index (χ2v) is 13.0. The average molecular weight is 593 g/mol. The number of aromatic nitrogens is 3. The van der Waals surface area contributed by atoms with Crippen LogP contribution in [0.5, 0.6) is 0 Å². The quantitative estimate of drug-likeness (QED) is 0.441. The molecule has 0 aliphatic carbocycles. The Kier molecular flexibility index (Phi) is 8.24. The fourth-order valence-electron chi connectivity index (χ4n) is 7.51. The molecule has 3 aromatic rings. The molecule has 0 spiro atoms. The summed E-state index contributed by atoms with van der Waals surface area (Å²) in [7, 11) is 0. The minimum atomic E-state index is 0.459. The standard InChI is InChI=1S/C34H44N10/c1-25-20-27(24-44(22-25)31-6-5-28(21-35)33-29(31)4-3-9-37-33)23-40-12-14-42(15-13-40)32-8-11-38-34(39-32)43-18-16-41(17-19-43)26(2)30-7-10-36-30/h3-6,8-9,11,25,27,30,36H,2,7,10,12-20,22-24H2,1H3. The zero-order valence-electron chi connectivity index (χ0n) is 25.9. The molecule has 6 heterocycles. The van der Waals surface area contributed by atoms with Gasteiger partial charge in [0.05, 0.1) is 11.1 Å². The maximum Gasteiger partial charge on any atom is 0.227 e. The van der Waals surface area contributed by atoms with Gasteiger partial charge in [-0.2, -0.15) is 10.2 Å². The highest BCUT2D eigenvalue weighted by Gasteiger charge is 2.30. The SMILES string of the molecule is C=C(C1CCN1)N1CCN(c2nccc(N3CCN(CC4CC(C)CN(c5ccc(C#N)c6ncccc56)C4)CC3)n2)CC1. The highest BCUT2D eigenvalue weighted by Crippen LogP contribution is 2.33. The van der Waals surface area contributed by atoms with Gasteiger partial charge in [0.2, 0.25) is 5.95 Å². The fourth-order valence-corrected chi connectivity index (χ4v) is 7.51. The van der Waals surface area contributed by atoms with Crippen molar-refractivity contribution in [3.8, 4) is 6.07 Å². The number of rotatable bonds is 7. The van der Waals surface area contributed by atoms with Gasteiger partial charge in [-0.1, -0.05) is 13.5 Å². The zero-order chi connectivity index (χ0) is 30.0. The van der Waals surface area contributed by atoms with E-state index < -0.39 is 0 Å². The van der Waals surface area contributed by atoms with E-state index in [1.54, 1.807) is 6.20 Å². The molecule has 4 saturated heterocycles. The molecule has 10 nitrogen and oxygen atoms in total. The smallest absolute Gasteiger partial charge is 0.227 e. The molecular formula is C34H44N10. The van der Waals surface area contributed by atoms with Gasteiger partial charge in [0, 0.05) is 107 Å². The Morgan fingerprint density at radius 2 is 1.75 bits per heavy atom. The molecule has 2 aromatic heterocycles. The van der Waals surface area contributed by atoms with E-state index in [4.69, 9.17) is 4.98 Å². The number of benzene rings is 1. The van der Waals surface area contributed by atoms with Gasteiger partial charge >= 0.3 is 0 Å². The van der Waals surface area contributed by atoms with Crippen molar-refractivity contribution in [1.29, 1.82) is 5.26 Å². The number of hydrogen-bond acceptors (Lipinski definition) is 10. The van der Waals surface area contributed by atoms with E-state index in [1.165, 1.54) is 24.2 Å². The molecule has 1 N–H and O–H groups in total. The lowest BCUT2D eigenvalue weighted by atomic mass is 9.89. The third kappa shape index (κ3) is 5.91. The Labute approximate surface area is 261 Å². The van der Waals surface area contributed by atoms with Gasteiger partial charge in [-0.05, 0) is 61.6 Å². The Balaban J connectivity index is 0.938. The maximum atomic E-state index is 9.59. The van der Waals surface area contributed by atoms with Crippen molar-refractivity contribution in [2.24, 2.45) is 11.8 Å². The number of hydrogen-bond donors (Lipinski definition) is 1. The first-order valence-corrected chi connectivity index (χ1v) is 16.3. The Bertz CT molecular complexity index is 1510. The van der Waals surface area contributed by atoms with Crippen LogP contribution in [0.4, 0.5) is 17.5 Å². The van der Waals surface area contributed by atoms with Crippen LogP contribution in [-0.4, -0.2) is 109 Å². The molecule has 4 aliphatic heterocycles. The molecule has 230 valence electrons. The molecule has 3 atom stereocenters. The van der Waals surface area contributed by atoms with Gasteiger partial charge < -0.3 is 24.9 Å². The summed E-state index contributed by atoms with van der Waals surface area (Å²) in [6.07, 6.45) is 6.15. The molecule has 0 radical (unpaired) electrons. The van der Waals surface area contributed by atoms with Crippen LogP contribution in [0.1, 0.15) is 25.3 Å². The number of piperidine rings is 1. The average Bonchev–Trinajstić information content (AvgIpc) is 3.03. The van der Waals surface area contributed by atoms with Crippen LogP contribution in [0, 0.1) is 23.2 Å². The largest absolute Gasteiger partial charge is 0.370 e. The summed E-state index contributed by atoms with van der Waals surface area (Å²) in [6.45, 7) is 18.9. The van der Waals surface area contributed by atoms with E-state index in [-0.39, 0.29) is 0 Å². The number of piperazine rings is 2. The van der Waals surface area contributed by atoms with Crippen LogP contribution >= 0.6 is 0 Å². The van der Waals surface area contributed by atoms with Crippen molar-refractivity contribution in [2.45, 2.75) is 25.8 Å². The number of nitrogens with one attached hydrogen (secondary N) is 1.